The molecule has 1 heterocycles. The third-order valence-electron chi connectivity index (χ3n) is 3.27. The van der Waals surface area contributed by atoms with Gasteiger partial charge < -0.3 is 5.11 Å². The minimum absolute atomic E-state index is 0.165. The van der Waals surface area contributed by atoms with Gasteiger partial charge >= 0.3 is 5.97 Å². The molecule has 0 aliphatic heterocycles. The van der Waals surface area contributed by atoms with E-state index in [-0.39, 0.29) is 5.56 Å². The Bertz CT molecular complexity index is 993. The maximum Gasteiger partial charge on any atom is 0.336 e. The SMILES string of the molecule is O=C(O)c1ccccc1C=Nn1c(-c2ccccc2Br)n[nH]c1=S. The molecule has 0 fully saturated rings. The summed E-state index contributed by atoms with van der Waals surface area (Å²) in [5, 5.41) is 20.4. The van der Waals surface area contributed by atoms with Crippen molar-refractivity contribution in [2.75, 3.05) is 0 Å². The van der Waals surface area contributed by atoms with Crippen LogP contribution in [0.15, 0.2) is 58.1 Å². The number of aromatic nitrogens is 3. The van der Waals surface area contributed by atoms with Crippen molar-refractivity contribution in [3.63, 3.8) is 0 Å². The number of hydrogen-bond donors (Lipinski definition) is 2. The van der Waals surface area contributed by atoms with Crippen LogP contribution in [0, 0.1) is 4.77 Å². The van der Waals surface area contributed by atoms with E-state index in [1.807, 2.05) is 24.3 Å². The Labute approximate surface area is 150 Å². The van der Waals surface area contributed by atoms with Crippen LogP contribution in [0.2, 0.25) is 0 Å². The Morgan fingerprint density at radius 1 is 1.25 bits per heavy atom. The van der Waals surface area contributed by atoms with E-state index in [9.17, 15) is 9.90 Å². The molecule has 0 atom stereocenters. The van der Waals surface area contributed by atoms with Gasteiger partial charge in [0.1, 0.15) is 0 Å². The fraction of sp³-hybridized carbons (Fsp3) is 0. The molecule has 8 heteroatoms. The molecule has 24 heavy (non-hydrogen) atoms. The highest BCUT2D eigenvalue weighted by Gasteiger charge is 2.12. The second-order valence-electron chi connectivity index (χ2n) is 4.78. The number of nitrogens with zero attached hydrogens (tertiary/aromatic N) is 3. The largest absolute Gasteiger partial charge is 0.478 e. The molecule has 2 N–H and O–H groups in total. The van der Waals surface area contributed by atoms with E-state index in [0.29, 0.717) is 16.2 Å². The first-order chi connectivity index (χ1) is 11.6. The number of carboxylic acids is 1. The number of carbonyl (C=O) groups is 1. The third-order valence-corrected chi connectivity index (χ3v) is 4.22. The summed E-state index contributed by atoms with van der Waals surface area (Å²) in [7, 11) is 0. The summed E-state index contributed by atoms with van der Waals surface area (Å²) in [6.07, 6.45) is 1.45. The van der Waals surface area contributed by atoms with Crippen LogP contribution in [0.1, 0.15) is 15.9 Å². The van der Waals surface area contributed by atoms with E-state index in [4.69, 9.17) is 12.2 Å². The van der Waals surface area contributed by atoms with E-state index in [0.717, 1.165) is 10.0 Å². The molecule has 0 aliphatic carbocycles. The highest BCUT2D eigenvalue weighted by Crippen LogP contribution is 2.26. The summed E-state index contributed by atoms with van der Waals surface area (Å²) < 4.78 is 2.61. The number of nitrogens with one attached hydrogen (secondary N) is 1. The maximum atomic E-state index is 11.3. The van der Waals surface area contributed by atoms with Gasteiger partial charge in [-0.3, -0.25) is 0 Å². The molecule has 120 valence electrons. The summed E-state index contributed by atoms with van der Waals surface area (Å²) >= 11 is 8.69. The second-order valence-corrected chi connectivity index (χ2v) is 6.02. The van der Waals surface area contributed by atoms with Gasteiger partial charge in [-0.2, -0.15) is 14.9 Å². The summed E-state index contributed by atoms with van der Waals surface area (Å²) in [5.74, 6) is -0.490. The van der Waals surface area contributed by atoms with Crippen LogP contribution in [-0.4, -0.2) is 32.2 Å². The van der Waals surface area contributed by atoms with Crippen molar-refractivity contribution in [1.29, 1.82) is 0 Å². The van der Waals surface area contributed by atoms with Crippen molar-refractivity contribution >= 4 is 40.3 Å². The lowest BCUT2D eigenvalue weighted by atomic mass is 10.1. The van der Waals surface area contributed by atoms with Crippen LogP contribution in [0.3, 0.4) is 0 Å². The standard InChI is InChI=1S/C16H11BrN4O2S/c17-13-8-4-3-7-12(13)14-19-20-16(24)21(14)18-9-10-5-1-2-6-11(10)15(22)23/h1-9H,(H,20,24)(H,22,23). The van der Waals surface area contributed by atoms with Gasteiger partial charge in [0.05, 0.1) is 11.8 Å². The first kappa shape index (κ1) is 16.3. The first-order valence-corrected chi connectivity index (χ1v) is 8.07. The average Bonchev–Trinajstić information content (AvgIpc) is 2.94. The molecule has 0 spiro atoms. The van der Waals surface area contributed by atoms with E-state index < -0.39 is 5.97 Å². The Morgan fingerprint density at radius 3 is 2.71 bits per heavy atom. The van der Waals surface area contributed by atoms with Crippen LogP contribution in [0.25, 0.3) is 11.4 Å². The summed E-state index contributed by atoms with van der Waals surface area (Å²) in [6.45, 7) is 0. The highest BCUT2D eigenvalue weighted by atomic mass is 79.9. The molecular formula is C16H11BrN4O2S. The number of aromatic amines is 1. The second kappa shape index (κ2) is 6.90. The zero-order valence-corrected chi connectivity index (χ0v) is 14.6. The fourth-order valence-corrected chi connectivity index (χ4v) is 2.78. The van der Waals surface area contributed by atoms with Crippen molar-refractivity contribution in [2.24, 2.45) is 5.10 Å². The van der Waals surface area contributed by atoms with E-state index >= 15 is 0 Å². The number of carboxylic acid groups (broad SMARTS) is 1. The topological polar surface area (TPSA) is 83.3 Å². The summed E-state index contributed by atoms with van der Waals surface area (Å²) in [6, 6.07) is 14.2. The third kappa shape index (κ3) is 3.19. The fourth-order valence-electron chi connectivity index (χ4n) is 2.14. The number of benzene rings is 2. The predicted octanol–water partition coefficient (Wildman–Crippen LogP) is 3.95. The van der Waals surface area contributed by atoms with Crippen LogP contribution >= 0.6 is 28.1 Å². The molecule has 6 nitrogen and oxygen atoms in total. The van der Waals surface area contributed by atoms with Crippen molar-refractivity contribution in [3.05, 3.63) is 68.9 Å². The van der Waals surface area contributed by atoms with Gasteiger partial charge in [-0.15, -0.1) is 0 Å². The van der Waals surface area contributed by atoms with Gasteiger partial charge in [-0.1, -0.05) is 46.3 Å². The normalized spacial score (nSPS) is 11.0. The number of hydrogen-bond acceptors (Lipinski definition) is 4. The Balaban J connectivity index is 2.07. The van der Waals surface area contributed by atoms with Gasteiger partial charge in [0, 0.05) is 15.6 Å². The zero-order valence-electron chi connectivity index (χ0n) is 12.2. The molecule has 2 aromatic carbocycles. The molecule has 0 saturated heterocycles. The smallest absolute Gasteiger partial charge is 0.336 e. The van der Waals surface area contributed by atoms with Gasteiger partial charge in [0.25, 0.3) is 0 Å². The Hall–Kier alpha value is -2.58. The minimum Gasteiger partial charge on any atom is -0.478 e. The minimum atomic E-state index is -1.01. The van der Waals surface area contributed by atoms with Crippen LogP contribution in [0.4, 0.5) is 0 Å². The first-order valence-electron chi connectivity index (χ1n) is 6.87. The van der Waals surface area contributed by atoms with Gasteiger partial charge in [0.2, 0.25) is 4.77 Å². The van der Waals surface area contributed by atoms with Gasteiger partial charge in [-0.25, -0.2) is 9.89 Å². The molecule has 3 aromatic rings. The van der Waals surface area contributed by atoms with E-state index in [1.54, 1.807) is 18.2 Å². The molecule has 0 saturated carbocycles. The lowest BCUT2D eigenvalue weighted by Crippen LogP contribution is -2.02. The number of aromatic carboxylic acids is 1. The van der Waals surface area contributed by atoms with Crippen molar-refractivity contribution in [3.8, 4) is 11.4 Å². The molecule has 0 unspecified atom stereocenters. The predicted molar refractivity (Wildman–Crippen MR) is 96.9 cm³/mol. The van der Waals surface area contributed by atoms with Crippen molar-refractivity contribution < 1.29 is 9.90 Å². The average molecular weight is 403 g/mol. The molecule has 0 radical (unpaired) electrons. The van der Waals surface area contributed by atoms with Crippen molar-refractivity contribution in [1.82, 2.24) is 14.9 Å². The molecular weight excluding hydrogens is 392 g/mol. The number of halogens is 1. The van der Waals surface area contributed by atoms with Gasteiger partial charge in [0.15, 0.2) is 5.82 Å². The summed E-state index contributed by atoms with van der Waals surface area (Å²) in [4.78, 5) is 11.3. The zero-order chi connectivity index (χ0) is 17.1. The highest BCUT2D eigenvalue weighted by molar-refractivity contribution is 9.10. The maximum absolute atomic E-state index is 11.3. The van der Waals surface area contributed by atoms with Crippen LogP contribution in [-0.2, 0) is 0 Å². The van der Waals surface area contributed by atoms with Crippen molar-refractivity contribution in [2.45, 2.75) is 0 Å². The number of rotatable bonds is 4. The van der Waals surface area contributed by atoms with Crippen LogP contribution < -0.4 is 0 Å². The van der Waals surface area contributed by atoms with E-state index in [1.165, 1.54) is 17.0 Å². The molecule has 0 aliphatic rings. The number of H-pyrrole nitrogens is 1. The summed E-state index contributed by atoms with van der Waals surface area (Å²) in [5.41, 5.74) is 1.46. The molecule has 0 amide bonds. The van der Waals surface area contributed by atoms with Crippen LogP contribution in [0.5, 0.6) is 0 Å². The van der Waals surface area contributed by atoms with Gasteiger partial charge in [-0.05, 0) is 30.4 Å². The molecule has 1 aromatic heterocycles. The lowest BCUT2D eigenvalue weighted by molar-refractivity contribution is 0.0697. The monoisotopic (exact) mass is 402 g/mol. The van der Waals surface area contributed by atoms with E-state index in [2.05, 4.69) is 31.2 Å². The molecule has 3 rings (SSSR count). The Morgan fingerprint density at radius 2 is 1.96 bits per heavy atom. The lowest BCUT2D eigenvalue weighted by Gasteiger charge is -2.04. The Kier molecular flexibility index (Phi) is 4.68. The molecule has 0 bridgehead atoms. The quantitative estimate of drug-likeness (QED) is 0.511.